The Morgan fingerprint density at radius 2 is 1.79 bits per heavy atom. The molecule has 150 valence electrons. The fourth-order valence-electron chi connectivity index (χ4n) is 3.71. The van der Waals surface area contributed by atoms with Crippen molar-refractivity contribution < 1.29 is 4.79 Å². The van der Waals surface area contributed by atoms with Crippen LogP contribution in [0.3, 0.4) is 0 Å². The highest BCUT2D eigenvalue weighted by Gasteiger charge is 2.22. The molecule has 0 saturated carbocycles. The smallest absolute Gasteiger partial charge is 0.266 e. The normalized spacial score (nSPS) is 15.0. The van der Waals surface area contributed by atoms with Gasteiger partial charge in [0, 0.05) is 13.1 Å². The zero-order chi connectivity index (χ0) is 20.4. The second-order valence-corrected chi connectivity index (χ2v) is 8.63. The molecule has 1 amide bonds. The molecule has 0 N–H and O–H groups in total. The minimum absolute atomic E-state index is 0.105. The zero-order valence-electron chi connectivity index (χ0n) is 16.8. The molecule has 0 radical (unpaired) electrons. The second-order valence-electron chi connectivity index (χ2n) is 7.69. The van der Waals surface area contributed by atoms with E-state index in [4.69, 9.17) is 4.98 Å². The van der Waals surface area contributed by atoms with Crippen molar-refractivity contribution in [1.29, 1.82) is 0 Å². The Morgan fingerprint density at radius 3 is 2.55 bits per heavy atom. The summed E-state index contributed by atoms with van der Waals surface area (Å²) >= 11 is 1.34. The number of aryl methyl sites for hydroxylation is 1. The van der Waals surface area contributed by atoms with Gasteiger partial charge in [-0.3, -0.25) is 14.2 Å². The van der Waals surface area contributed by atoms with Crippen LogP contribution in [0, 0.1) is 12.8 Å². The van der Waals surface area contributed by atoms with Crippen LogP contribution in [-0.2, 0) is 4.79 Å². The van der Waals surface area contributed by atoms with Crippen molar-refractivity contribution in [1.82, 2.24) is 14.5 Å². The van der Waals surface area contributed by atoms with Crippen molar-refractivity contribution in [3.8, 4) is 5.69 Å². The standard InChI is InChI=1S/C23H25N3O2S/c1-16-11-13-25(14-12-16)21(27)15-29-23-24-19-9-5-4-8-18(19)22(28)26(23)20-10-6-3-7-17(20)2/h3-10,16H,11-15H2,1-2H3. The van der Waals surface area contributed by atoms with Crippen molar-refractivity contribution >= 4 is 28.6 Å². The summed E-state index contributed by atoms with van der Waals surface area (Å²) in [6.07, 6.45) is 2.11. The summed E-state index contributed by atoms with van der Waals surface area (Å²) in [4.78, 5) is 32.7. The number of hydrogen-bond acceptors (Lipinski definition) is 4. The molecule has 1 fully saturated rings. The summed E-state index contributed by atoms with van der Waals surface area (Å²) in [5.41, 5.74) is 2.35. The van der Waals surface area contributed by atoms with Gasteiger partial charge in [0.1, 0.15) is 0 Å². The van der Waals surface area contributed by atoms with Gasteiger partial charge in [-0.2, -0.15) is 0 Å². The summed E-state index contributed by atoms with van der Waals surface area (Å²) < 4.78 is 1.65. The highest BCUT2D eigenvalue weighted by molar-refractivity contribution is 7.99. The number of piperidine rings is 1. The number of benzene rings is 2. The van der Waals surface area contributed by atoms with Crippen LogP contribution in [0.5, 0.6) is 0 Å². The van der Waals surface area contributed by atoms with Gasteiger partial charge in [-0.05, 0) is 49.4 Å². The van der Waals surface area contributed by atoms with Crippen molar-refractivity contribution in [2.75, 3.05) is 18.8 Å². The summed E-state index contributed by atoms with van der Waals surface area (Å²) in [6, 6.07) is 15.1. The van der Waals surface area contributed by atoms with Crippen LogP contribution in [0.1, 0.15) is 25.3 Å². The Bertz CT molecular complexity index is 1100. The van der Waals surface area contributed by atoms with Gasteiger partial charge in [-0.25, -0.2) is 4.98 Å². The molecule has 3 aromatic rings. The fourth-order valence-corrected chi connectivity index (χ4v) is 4.62. The summed E-state index contributed by atoms with van der Waals surface area (Å²) in [7, 11) is 0. The van der Waals surface area contributed by atoms with Crippen molar-refractivity contribution in [2.45, 2.75) is 31.8 Å². The van der Waals surface area contributed by atoms with Gasteiger partial charge in [0.15, 0.2) is 5.16 Å². The molecule has 0 unspecified atom stereocenters. The van der Waals surface area contributed by atoms with E-state index in [1.165, 1.54) is 11.8 Å². The van der Waals surface area contributed by atoms with Crippen LogP contribution in [0.15, 0.2) is 58.5 Å². The van der Waals surface area contributed by atoms with Gasteiger partial charge < -0.3 is 4.90 Å². The van der Waals surface area contributed by atoms with E-state index in [9.17, 15) is 9.59 Å². The van der Waals surface area contributed by atoms with Crippen LogP contribution in [0.4, 0.5) is 0 Å². The molecule has 0 atom stereocenters. The van der Waals surface area contributed by atoms with Gasteiger partial charge in [0.05, 0.1) is 22.3 Å². The highest BCUT2D eigenvalue weighted by atomic mass is 32.2. The van der Waals surface area contributed by atoms with E-state index < -0.39 is 0 Å². The SMILES string of the molecule is Cc1ccccc1-n1c(SCC(=O)N2CCC(C)CC2)nc2ccccc2c1=O. The number of fused-ring (bicyclic) bond motifs is 1. The zero-order valence-corrected chi connectivity index (χ0v) is 17.6. The van der Waals surface area contributed by atoms with E-state index in [0.29, 0.717) is 22.0 Å². The molecule has 2 aromatic carbocycles. The first-order valence-corrected chi connectivity index (χ1v) is 11.0. The van der Waals surface area contributed by atoms with Crippen LogP contribution >= 0.6 is 11.8 Å². The molecule has 2 heterocycles. The Morgan fingerprint density at radius 1 is 1.10 bits per heavy atom. The van der Waals surface area contributed by atoms with E-state index in [1.807, 2.05) is 54.3 Å². The minimum atomic E-state index is -0.105. The van der Waals surface area contributed by atoms with E-state index in [0.717, 1.165) is 37.2 Å². The number of para-hydroxylation sites is 2. The van der Waals surface area contributed by atoms with Gasteiger partial charge in [-0.15, -0.1) is 0 Å². The number of thioether (sulfide) groups is 1. The molecule has 29 heavy (non-hydrogen) atoms. The Kier molecular flexibility index (Phi) is 5.72. The Labute approximate surface area is 174 Å². The molecule has 0 bridgehead atoms. The largest absolute Gasteiger partial charge is 0.342 e. The fraction of sp³-hybridized carbons (Fsp3) is 0.348. The predicted octanol–water partition coefficient (Wildman–Crippen LogP) is 4.04. The maximum Gasteiger partial charge on any atom is 0.266 e. The van der Waals surface area contributed by atoms with Crippen LogP contribution in [-0.4, -0.2) is 39.2 Å². The maximum atomic E-state index is 13.3. The maximum absolute atomic E-state index is 13.3. The number of rotatable bonds is 4. The average Bonchev–Trinajstić information content (AvgIpc) is 2.73. The third kappa shape index (κ3) is 4.08. The van der Waals surface area contributed by atoms with E-state index in [1.54, 1.807) is 10.6 Å². The van der Waals surface area contributed by atoms with Crippen molar-refractivity contribution in [3.63, 3.8) is 0 Å². The molecule has 1 aliphatic rings. The summed E-state index contributed by atoms with van der Waals surface area (Å²) in [5.74, 6) is 1.08. The van der Waals surface area contributed by atoms with Crippen molar-refractivity contribution in [3.05, 3.63) is 64.4 Å². The molecule has 1 aliphatic heterocycles. The lowest BCUT2D eigenvalue weighted by atomic mass is 9.99. The van der Waals surface area contributed by atoms with Crippen LogP contribution in [0.2, 0.25) is 0 Å². The van der Waals surface area contributed by atoms with Gasteiger partial charge in [0.2, 0.25) is 5.91 Å². The first kappa shape index (κ1) is 19.7. The third-order valence-electron chi connectivity index (χ3n) is 5.56. The highest BCUT2D eigenvalue weighted by Crippen LogP contribution is 2.24. The quantitative estimate of drug-likeness (QED) is 0.484. The predicted molar refractivity (Wildman–Crippen MR) is 118 cm³/mol. The second kappa shape index (κ2) is 8.41. The topological polar surface area (TPSA) is 55.2 Å². The number of amides is 1. The lowest BCUT2D eigenvalue weighted by Crippen LogP contribution is -2.39. The average molecular weight is 408 g/mol. The number of carbonyl (C=O) groups excluding carboxylic acids is 1. The Balaban J connectivity index is 1.69. The van der Waals surface area contributed by atoms with E-state index in [-0.39, 0.29) is 17.2 Å². The molecular weight excluding hydrogens is 382 g/mol. The number of likely N-dealkylation sites (tertiary alicyclic amines) is 1. The number of hydrogen-bond donors (Lipinski definition) is 0. The molecule has 1 aromatic heterocycles. The molecule has 1 saturated heterocycles. The summed E-state index contributed by atoms with van der Waals surface area (Å²) in [5, 5.41) is 1.14. The molecule has 6 heteroatoms. The lowest BCUT2D eigenvalue weighted by Gasteiger charge is -2.30. The van der Waals surface area contributed by atoms with Gasteiger partial charge >= 0.3 is 0 Å². The van der Waals surface area contributed by atoms with Gasteiger partial charge in [-0.1, -0.05) is 49.0 Å². The van der Waals surface area contributed by atoms with Gasteiger partial charge in [0.25, 0.3) is 5.56 Å². The summed E-state index contributed by atoms with van der Waals surface area (Å²) in [6.45, 7) is 5.84. The number of carbonyl (C=O) groups is 1. The number of aromatic nitrogens is 2. The first-order chi connectivity index (χ1) is 14.0. The van der Waals surface area contributed by atoms with Crippen LogP contribution < -0.4 is 5.56 Å². The van der Waals surface area contributed by atoms with Crippen molar-refractivity contribution in [2.24, 2.45) is 5.92 Å². The Hall–Kier alpha value is -2.60. The third-order valence-corrected chi connectivity index (χ3v) is 6.49. The van der Waals surface area contributed by atoms with E-state index in [2.05, 4.69) is 6.92 Å². The lowest BCUT2D eigenvalue weighted by molar-refractivity contribution is -0.129. The molecular formula is C23H25N3O2S. The minimum Gasteiger partial charge on any atom is -0.342 e. The molecule has 4 rings (SSSR count). The molecule has 0 spiro atoms. The molecule has 5 nitrogen and oxygen atoms in total. The van der Waals surface area contributed by atoms with Crippen LogP contribution in [0.25, 0.3) is 16.6 Å². The number of nitrogens with zero attached hydrogens (tertiary/aromatic N) is 3. The molecule has 0 aliphatic carbocycles. The first-order valence-electron chi connectivity index (χ1n) is 10.0. The van der Waals surface area contributed by atoms with E-state index >= 15 is 0 Å². The monoisotopic (exact) mass is 407 g/mol.